The average Bonchev–Trinajstić information content (AvgIpc) is 2.27. The molecular formula is C12H18O4. The van der Waals surface area contributed by atoms with Crippen LogP contribution in [-0.4, -0.2) is 24.1 Å². The number of carbonyl (C=O) groups is 2. The van der Waals surface area contributed by atoms with Gasteiger partial charge in [0.15, 0.2) is 0 Å². The molecule has 0 aliphatic carbocycles. The zero-order valence-electron chi connectivity index (χ0n) is 9.77. The summed E-state index contributed by atoms with van der Waals surface area (Å²) in [6.45, 7) is 10.3. The Morgan fingerprint density at radius 2 is 1.69 bits per heavy atom. The quantitative estimate of drug-likeness (QED) is 0.492. The van der Waals surface area contributed by atoms with Crippen molar-refractivity contribution in [2.45, 2.75) is 38.9 Å². The van der Waals surface area contributed by atoms with E-state index in [4.69, 9.17) is 9.47 Å². The number of ether oxygens (including phenoxy) is 2. The molecule has 90 valence electrons. The van der Waals surface area contributed by atoms with Gasteiger partial charge in [0.05, 0.1) is 0 Å². The molecule has 0 amide bonds. The van der Waals surface area contributed by atoms with Crippen LogP contribution in [0.4, 0.5) is 0 Å². The van der Waals surface area contributed by atoms with Gasteiger partial charge in [-0.3, -0.25) is 0 Å². The van der Waals surface area contributed by atoms with Gasteiger partial charge in [-0.05, 0) is 13.3 Å². The molecule has 0 aliphatic heterocycles. The van der Waals surface area contributed by atoms with E-state index in [2.05, 4.69) is 13.2 Å². The zero-order chi connectivity index (χ0) is 12.6. The molecule has 2 unspecified atom stereocenters. The lowest BCUT2D eigenvalue weighted by atomic mass is 10.1. The van der Waals surface area contributed by atoms with E-state index in [0.717, 1.165) is 12.2 Å². The fraction of sp³-hybridized carbons (Fsp3) is 0.500. The van der Waals surface area contributed by atoms with Crippen molar-refractivity contribution in [3.05, 3.63) is 25.3 Å². The van der Waals surface area contributed by atoms with Gasteiger partial charge in [0, 0.05) is 18.6 Å². The highest BCUT2D eigenvalue weighted by atomic mass is 16.6. The van der Waals surface area contributed by atoms with Crippen LogP contribution in [-0.2, 0) is 19.1 Å². The average molecular weight is 226 g/mol. The molecule has 0 rings (SSSR count). The Morgan fingerprint density at radius 3 is 2.12 bits per heavy atom. The normalized spacial score (nSPS) is 13.4. The summed E-state index contributed by atoms with van der Waals surface area (Å²) in [5, 5.41) is 0. The minimum Gasteiger partial charge on any atom is -0.459 e. The van der Waals surface area contributed by atoms with Crippen molar-refractivity contribution < 1.29 is 19.1 Å². The van der Waals surface area contributed by atoms with Gasteiger partial charge in [0.25, 0.3) is 0 Å². The van der Waals surface area contributed by atoms with Crippen LogP contribution in [0.15, 0.2) is 25.3 Å². The first-order valence-electron chi connectivity index (χ1n) is 5.19. The molecule has 4 nitrogen and oxygen atoms in total. The molecule has 0 saturated carbocycles. The summed E-state index contributed by atoms with van der Waals surface area (Å²) in [6.07, 6.45) is 2.77. The minimum atomic E-state index is -0.475. The third-order valence-electron chi connectivity index (χ3n) is 1.98. The fourth-order valence-corrected chi connectivity index (χ4v) is 1.18. The van der Waals surface area contributed by atoms with Gasteiger partial charge in [-0.2, -0.15) is 0 Å². The van der Waals surface area contributed by atoms with Gasteiger partial charge in [-0.25, -0.2) is 9.59 Å². The molecule has 0 bridgehead atoms. The molecule has 4 heteroatoms. The van der Waals surface area contributed by atoms with E-state index < -0.39 is 11.9 Å². The van der Waals surface area contributed by atoms with Gasteiger partial charge in [0.1, 0.15) is 12.2 Å². The smallest absolute Gasteiger partial charge is 0.330 e. The van der Waals surface area contributed by atoms with E-state index >= 15 is 0 Å². The molecule has 0 spiro atoms. The second-order valence-corrected chi connectivity index (χ2v) is 3.36. The maximum Gasteiger partial charge on any atom is 0.330 e. The van der Waals surface area contributed by atoms with E-state index in [-0.39, 0.29) is 12.2 Å². The molecule has 0 N–H and O–H groups in total. The summed E-state index contributed by atoms with van der Waals surface area (Å²) < 4.78 is 10.0. The first-order valence-corrected chi connectivity index (χ1v) is 5.19. The predicted octanol–water partition coefficient (Wildman–Crippen LogP) is 2.00. The molecule has 0 aromatic heterocycles. The Morgan fingerprint density at radius 1 is 1.19 bits per heavy atom. The van der Waals surface area contributed by atoms with Gasteiger partial charge < -0.3 is 9.47 Å². The Labute approximate surface area is 95.9 Å². The summed E-state index contributed by atoms with van der Waals surface area (Å²) in [5.74, 6) is -0.938. The molecule has 0 aromatic rings. The van der Waals surface area contributed by atoms with Crippen molar-refractivity contribution in [3.63, 3.8) is 0 Å². The van der Waals surface area contributed by atoms with Crippen LogP contribution in [0.1, 0.15) is 26.7 Å². The third-order valence-corrected chi connectivity index (χ3v) is 1.98. The van der Waals surface area contributed by atoms with Crippen molar-refractivity contribution in [1.82, 2.24) is 0 Å². The number of rotatable bonds is 7. The van der Waals surface area contributed by atoms with Crippen molar-refractivity contribution in [2.75, 3.05) is 0 Å². The summed E-state index contributed by atoms with van der Waals surface area (Å²) in [7, 11) is 0. The van der Waals surface area contributed by atoms with Gasteiger partial charge >= 0.3 is 11.9 Å². The molecular weight excluding hydrogens is 208 g/mol. The summed E-state index contributed by atoms with van der Waals surface area (Å²) in [4.78, 5) is 21.9. The summed E-state index contributed by atoms with van der Waals surface area (Å²) >= 11 is 0. The number of carbonyl (C=O) groups excluding carboxylic acids is 2. The Balaban J connectivity index is 4.10. The summed E-state index contributed by atoms with van der Waals surface area (Å²) in [5.41, 5.74) is 0. The zero-order valence-corrected chi connectivity index (χ0v) is 9.77. The largest absolute Gasteiger partial charge is 0.459 e. The monoisotopic (exact) mass is 226 g/mol. The van der Waals surface area contributed by atoms with Crippen LogP contribution in [0.25, 0.3) is 0 Å². The molecule has 0 aliphatic rings. The number of hydrogen-bond acceptors (Lipinski definition) is 4. The van der Waals surface area contributed by atoms with Crippen molar-refractivity contribution >= 4 is 11.9 Å². The van der Waals surface area contributed by atoms with Crippen molar-refractivity contribution in [3.8, 4) is 0 Å². The third kappa shape index (κ3) is 6.01. The van der Waals surface area contributed by atoms with Crippen LogP contribution in [0.2, 0.25) is 0 Å². The van der Waals surface area contributed by atoms with E-state index in [1.165, 1.54) is 0 Å². The summed E-state index contributed by atoms with van der Waals surface area (Å²) in [6, 6.07) is 0. The van der Waals surface area contributed by atoms with Gasteiger partial charge in [-0.15, -0.1) is 0 Å². The first kappa shape index (κ1) is 14.4. The van der Waals surface area contributed by atoms with Crippen LogP contribution < -0.4 is 0 Å². The first-order chi connectivity index (χ1) is 7.53. The lowest BCUT2D eigenvalue weighted by Gasteiger charge is -2.19. The Hall–Kier alpha value is -1.58. The van der Waals surface area contributed by atoms with Crippen molar-refractivity contribution in [1.29, 1.82) is 0 Å². The fourth-order valence-electron chi connectivity index (χ4n) is 1.18. The molecule has 2 atom stereocenters. The second kappa shape index (κ2) is 7.68. The van der Waals surface area contributed by atoms with Crippen LogP contribution >= 0.6 is 0 Å². The lowest BCUT2D eigenvalue weighted by molar-refractivity contribution is -0.148. The number of hydrogen-bond donors (Lipinski definition) is 0. The molecule has 0 radical (unpaired) electrons. The van der Waals surface area contributed by atoms with E-state index in [1.54, 1.807) is 6.92 Å². The SMILES string of the molecule is C=CC(=O)OC(C)CC(CC)OC(=O)C=C. The maximum atomic E-state index is 11.0. The maximum absolute atomic E-state index is 11.0. The van der Waals surface area contributed by atoms with Crippen LogP contribution in [0.5, 0.6) is 0 Å². The van der Waals surface area contributed by atoms with E-state index in [9.17, 15) is 9.59 Å². The van der Waals surface area contributed by atoms with Crippen LogP contribution in [0, 0.1) is 0 Å². The van der Waals surface area contributed by atoms with E-state index in [1.807, 2.05) is 6.92 Å². The minimum absolute atomic E-state index is 0.266. The van der Waals surface area contributed by atoms with Gasteiger partial charge in [-0.1, -0.05) is 20.1 Å². The topological polar surface area (TPSA) is 52.6 Å². The molecule has 0 heterocycles. The molecule has 16 heavy (non-hydrogen) atoms. The highest BCUT2D eigenvalue weighted by molar-refractivity contribution is 5.81. The highest BCUT2D eigenvalue weighted by Crippen LogP contribution is 2.10. The standard InChI is InChI=1S/C12H18O4/c1-5-10(16-12(14)7-3)8-9(4)15-11(13)6-2/h6-7,9-10H,2-3,5,8H2,1,4H3. The second-order valence-electron chi connectivity index (χ2n) is 3.36. The highest BCUT2D eigenvalue weighted by Gasteiger charge is 2.16. The Bertz CT molecular complexity index is 270. The van der Waals surface area contributed by atoms with E-state index in [0.29, 0.717) is 12.8 Å². The van der Waals surface area contributed by atoms with Crippen molar-refractivity contribution in [2.24, 2.45) is 0 Å². The predicted molar refractivity (Wildman–Crippen MR) is 60.7 cm³/mol. The number of esters is 2. The molecule has 0 aromatic carbocycles. The van der Waals surface area contributed by atoms with Crippen LogP contribution in [0.3, 0.4) is 0 Å². The molecule has 0 fully saturated rings. The lowest BCUT2D eigenvalue weighted by Crippen LogP contribution is -2.24. The molecule has 0 saturated heterocycles. The Kier molecular flexibility index (Phi) is 6.92. The van der Waals surface area contributed by atoms with Gasteiger partial charge in [0.2, 0.25) is 0 Å².